The first-order valence-electron chi connectivity index (χ1n) is 3.19. The maximum absolute atomic E-state index is 13.1. The summed E-state index contributed by atoms with van der Waals surface area (Å²) >= 11 is 3.02. The van der Waals surface area contributed by atoms with Crippen LogP contribution in [0.2, 0.25) is 0 Å². The summed E-state index contributed by atoms with van der Waals surface area (Å²) in [5, 5.41) is 0. The van der Waals surface area contributed by atoms with E-state index in [1.807, 2.05) is 0 Å². The average Bonchev–Trinajstić information content (AvgIpc) is 2.07. The number of hydrogen-bond donors (Lipinski definition) is 0. The van der Waals surface area contributed by atoms with Crippen molar-refractivity contribution in [1.29, 1.82) is 0 Å². The van der Waals surface area contributed by atoms with Crippen molar-refractivity contribution in [2.24, 2.45) is 4.99 Å². The van der Waals surface area contributed by atoms with Gasteiger partial charge in [-0.05, 0) is 35.0 Å². The van der Waals surface area contributed by atoms with Crippen molar-refractivity contribution in [2.45, 2.75) is 6.92 Å². The van der Waals surface area contributed by atoms with Gasteiger partial charge in [-0.15, -0.1) is 0 Å². The van der Waals surface area contributed by atoms with Crippen molar-refractivity contribution in [3.8, 4) is 0 Å². The van der Waals surface area contributed by atoms with Crippen LogP contribution in [0.25, 0.3) is 0 Å². The van der Waals surface area contributed by atoms with Crippen molar-refractivity contribution >= 4 is 27.7 Å². The fraction of sp³-hybridized carbons (Fsp3) is 0.125. The summed E-state index contributed by atoms with van der Waals surface area (Å²) in [5.41, 5.74) is 0.651. The first kappa shape index (κ1) is 9.10. The van der Waals surface area contributed by atoms with Crippen LogP contribution in [0.4, 0.5) is 10.1 Å². The molecule has 0 aliphatic carbocycles. The Balaban J connectivity index is 3.35. The van der Waals surface area contributed by atoms with E-state index in [9.17, 15) is 9.18 Å². The third-order valence-corrected chi connectivity index (χ3v) is 2.09. The zero-order valence-electron chi connectivity index (χ0n) is 6.27. The van der Waals surface area contributed by atoms with E-state index in [4.69, 9.17) is 0 Å². The summed E-state index contributed by atoms with van der Waals surface area (Å²) in [4.78, 5) is 13.2. The largest absolute Gasteiger partial charge is 0.240 e. The van der Waals surface area contributed by atoms with Crippen molar-refractivity contribution in [2.75, 3.05) is 0 Å². The minimum Gasteiger partial charge on any atom is -0.211 e. The molecule has 62 valence electrons. The lowest BCUT2D eigenvalue weighted by Gasteiger charge is -2.00. The molecule has 0 N–H and O–H groups in total. The first-order chi connectivity index (χ1) is 5.66. The van der Waals surface area contributed by atoms with E-state index in [-0.39, 0.29) is 0 Å². The molecule has 0 spiro atoms. The smallest absolute Gasteiger partial charge is 0.211 e. The van der Waals surface area contributed by atoms with Gasteiger partial charge in [0.05, 0.1) is 10.2 Å². The Morgan fingerprint density at radius 2 is 2.25 bits per heavy atom. The van der Waals surface area contributed by atoms with E-state index in [1.165, 1.54) is 12.1 Å². The number of aliphatic imine (C=N–C) groups is 1. The molecule has 0 aromatic heterocycles. The highest BCUT2D eigenvalue weighted by Crippen LogP contribution is 2.26. The Bertz CT molecular complexity index is 358. The highest BCUT2D eigenvalue weighted by atomic mass is 79.9. The summed E-state index contributed by atoms with van der Waals surface area (Å²) in [6.45, 7) is 1.55. The van der Waals surface area contributed by atoms with E-state index in [0.29, 0.717) is 15.7 Å². The lowest BCUT2D eigenvalue weighted by atomic mass is 10.2. The molecule has 1 aromatic carbocycles. The molecule has 1 aromatic rings. The predicted octanol–water partition coefficient (Wildman–Crippen LogP) is 2.86. The molecule has 0 saturated carbocycles. The summed E-state index contributed by atoms with van der Waals surface area (Å²) in [5.74, 6) is -0.397. The van der Waals surface area contributed by atoms with E-state index < -0.39 is 5.82 Å². The Hall–Kier alpha value is -0.990. The predicted molar refractivity (Wildman–Crippen MR) is 46.6 cm³/mol. The first-order valence-corrected chi connectivity index (χ1v) is 3.98. The summed E-state index contributed by atoms with van der Waals surface area (Å²) < 4.78 is 13.4. The minimum absolute atomic E-state index is 0.311. The SMILES string of the molecule is Cc1c(N=C=O)ccc(Br)c1F. The monoisotopic (exact) mass is 229 g/mol. The molecule has 0 unspecified atom stereocenters. The van der Waals surface area contributed by atoms with E-state index in [1.54, 1.807) is 13.0 Å². The van der Waals surface area contributed by atoms with Crippen LogP contribution >= 0.6 is 15.9 Å². The third-order valence-electron chi connectivity index (χ3n) is 1.48. The van der Waals surface area contributed by atoms with Gasteiger partial charge in [0, 0.05) is 5.56 Å². The van der Waals surface area contributed by atoms with Gasteiger partial charge in [0.2, 0.25) is 6.08 Å². The lowest BCUT2D eigenvalue weighted by Crippen LogP contribution is -1.83. The molecule has 0 heterocycles. The second-order valence-corrected chi connectivity index (χ2v) is 3.06. The quantitative estimate of drug-likeness (QED) is 0.538. The van der Waals surface area contributed by atoms with Crippen molar-refractivity contribution < 1.29 is 9.18 Å². The minimum atomic E-state index is -0.397. The highest BCUT2D eigenvalue weighted by molar-refractivity contribution is 9.10. The number of hydrogen-bond acceptors (Lipinski definition) is 2. The molecule has 0 fully saturated rings. The second-order valence-electron chi connectivity index (χ2n) is 2.21. The molecule has 0 radical (unpaired) electrons. The summed E-state index contributed by atoms with van der Waals surface area (Å²) in [6, 6.07) is 3.05. The molecule has 0 aliphatic heterocycles. The Morgan fingerprint density at radius 1 is 1.58 bits per heavy atom. The summed E-state index contributed by atoms with van der Waals surface area (Å²) in [7, 11) is 0. The molecule has 0 atom stereocenters. The van der Waals surface area contributed by atoms with Crippen LogP contribution in [0.3, 0.4) is 0 Å². The Kier molecular flexibility index (Phi) is 2.74. The number of rotatable bonds is 1. The summed E-state index contributed by atoms with van der Waals surface area (Å²) in [6.07, 6.45) is 1.36. The zero-order valence-corrected chi connectivity index (χ0v) is 7.85. The Labute approximate surface area is 77.3 Å². The topological polar surface area (TPSA) is 29.4 Å². The number of isocyanates is 1. The normalized spacial score (nSPS) is 9.25. The van der Waals surface area contributed by atoms with Crippen LogP contribution in [0.5, 0.6) is 0 Å². The number of nitrogens with zero attached hydrogens (tertiary/aromatic N) is 1. The van der Waals surface area contributed by atoms with Crippen LogP contribution in [0, 0.1) is 12.7 Å². The molecular formula is C8H5BrFNO. The highest BCUT2D eigenvalue weighted by Gasteiger charge is 2.06. The van der Waals surface area contributed by atoms with Gasteiger partial charge in [0.1, 0.15) is 5.82 Å². The number of benzene rings is 1. The van der Waals surface area contributed by atoms with Gasteiger partial charge in [-0.2, -0.15) is 4.99 Å². The molecule has 1 rings (SSSR count). The van der Waals surface area contributed by atoms with Crippen LogP contribution in [0.1, 0.15) is 5.56 Å². The fourth-order valence-electron chi connectivity index (χ4n) is 0.812. The van der Waals surface area contributed by atoms with Gasteiger partial charge >= 0.3 is 0 Å². The van der Waals surface area contributed by atoms with Crippen LogP contribution < -0.4 is 0 Å². The van der Waals surface area contributed by atoms with E-state index in [2.05, 4.69) is 20.9 Å². The van der Waals surface area contributed by atoms with Gasteiger partial charge in [-0.3, -0.25) is 0 Å². The lowest BCUT2D eigenvalue weighted by molar-refractivity contribution is 0.565. The Morgan fingerprint density at radius 3 is 2.83 bits per heavy atom. The van der Waals surface area contributed by atoms with Gasteiger partial charge in [0.15, 0.2) is 0 Å². The number of carbonyl (C=O) groups excluding carboxylic acids is 1. The molecular weight excluding hydrogens is 225 g/mol. The number of halogens is 2. The molecule has 4 heteroatoms. The van der Waals surface area contributed by atoms with E-state index in [0.717, 1.165) is 0 Å². The van der Waals surface area contributed by atoms with Crippen LogP contribution in [0.15, 0.2) is 21.6 Å². The molecule has 0 aliphatic rings. The second kappa shape index (κ2) is 3.61. The van der Waals surface area contributed by atoms with Crippen LogP contribution in [-0.2, 0) is 4.79 Å². The van der Waals surface area contributed by atoms with Gasteiger partial charge in [-0.25, -0.2) is 9.18 Å². The molecule has 0 saturated heterocycles. The third kappa shape index (κ3) is 1.60. The van der Waals surface area contributed by atoms with Crippen molar-refractivity contribution in [3.63, 3.8) is 0 Å². The maximum atomic E-state index is 13.1. The fourth-order valence-corrected chi connectivity index (χ4v) is 1.24. The molecule has 0 bridgehead atoms. The molecule has 2 nitrogen and oxygen atoms in total. The maximum Gasteiger partial charge on any atom is 0.240 e. The van der Waals surface area contributed by atoms with Crippen molar-refractivity contribution in [1.82, 2.24) is 0 Å². The average molecular weight is 230 g/mol. The van der Waals surface area contributed by atoms with Gasteiger partial charge in [0.25, 0.3) is 0 Å². The molecule has 12 heavy (non-hydrogen) atoms. The van der Waals surface area contributed by atoms with E-state index >= 15 is 0 Å². The zero-order chi connectivity index (χ0) is 9.14. The van der Waals surface area contributed by atoms with Crippen molar-refractivity contribution in [3.05, 3.63) is 28.0 Å². The van der Waals surface area contributed by atoms with Gasteiger partial charge < -0.3 is 0 Å². The van der Waals surface area contributed by atoms with Gasteiger partial charge in [-0.1, -0.05) is 0 Å². The molecule has 0 amide bonds. The van der Waals surface area contributed by atoms with Crippen LogP contribution in [-0.4, -0.2) is 6.08 Å². The standard InChI is InChI=1S/C8H5BrFNO/c1-5-7(11-4-12)3-2-6(9)8(5)10/h2-3H,1H3.